The molecule has 4 aliphatic rings. The zero-order chi connectivity index (χ0) is 17.3. The Labute approximate surface area is 144 Å². The summed E-state index contributed by atoms with van der Waals surface area (Å²) in [5.41, 5.74) is 1.23. The van der Waals surface area contributed by atoms with E-state index in [1.54, 1.807) is 6.92 Å². The van der Waals surface area contributed by atoms with Crippen LogP contribution >= 0.6 is 0 Å². The number of hydrogen-bond acceptors (Lipinski definition) is 3. The number of ketones is 2. The summed E-state index contributed by atoms with van der Waals surface area (Å²) < 4.78 is 0. The summed E-state index contributed by atoms with van der Waals surface area (Å²) in [5.74, 6) is 1.99. The van der Waals surface area contributed by atoms with Gasteiger partial charge in [0.25, 0.3) is 0 Å². The fourth-order valence-electron chi connectivity index (χ4n) is 7.35. The van der Waals surface area contributed by atoms with Gasteiger partial charge in [-0.2, -0.15) is 0 Å². The molecular formula is C21H30O3. The van der Waals surface area contributed by atoms with E-state index in [1.807, 2.05) is 6.08 Å². The van der Waals surface area contributed by atoms with Gasteiger partial charge in [-0.15, -0.1) is 0 Å². The van der Waals surface area contributed by atoms with E-state index in [0.29, 0.717) is 24.0 Å². The molecule has 0 bridgehead atoms. The van der Waals surface area contributed by atoms with Gasteiger partial charge in [-0.05, 0) is 80.1 Å². The molecule has 0 aromatic carbocycles. The molecule has 3 fully saturated rings. The minimum Gasteiger partial charge on any atom is -0.393 e. The van der Waals surface area contributed by atoms with Crippen molar-refractivity contribution in [2.24, 2.45) is 34.5 Å². The highest BCUT2D eigenvalue weighted by atomic mass is 16.3. The molecule has 4 aliphatic carbocycles. The average molecular weight is 330 g/mol. The Hall–Kier alpha value is -0.960. The molecule has 1 N–H and O–H groups in total. The number of hydrogen-bond donors (Lipinski definition) is 1. The number of aliphatic hydroxyl groups excluding tert-OH is 1. The fraction of sp³-hybridized carbons (Fsp3) is 0.810. The van der Waals surface area contributed by atoms with E-state index in [9.17, 15) is 14.7 Å². The Morgan fingerprint density at radius 2 is 1.96 bits per heavy atom. The predicted octanol–water partition coefficient (Wildman–Crippen LogP) is 3.69. The molecule has 0 amide bonds. The van der Waals surface area contributed by atoms with Crippen molar-refractivity contribution in [3.8, 4) is 0 Å². The van der Waals surface area contributed by atoms with Crippen LogP contribution in [0.3, 0.4) is 0 Å². The zero-order valence-electron chi connectivity index (χ0n) is 15.2. The summed E-state index contributed by atoms with van der Waals surface area (Å²) in [4.78, 5) is 24.0. The van der Waals surface area contributed by atoms with Crippen LogP contribution in [0.15, 0.2) is 11.6 Å². The molecule has 3 saturated carbocycles. The van der Waals surface area contributed by atoms with Crippen LogP contribution in [0, 0.1) is 34.5 Å². The topological polar surface area (TPSA) is 54.4 Å². The van der Waals surface area contributed by atoms with Crippen LogP contribution in [0.4, 0.5) is 0 Å². The molecule has 0 aromatic heterocycles. The van der Waals surface area contributed by atoms with Crippen molar-refractivity contribution >= 4 is 11.6 Å². The second-order valence-corrected chi connectivity index (χ2v) is 9.41. The zero-order valence-corrected chi connectivity index (χ0v) is 15.2. The molecule has 0 aliphatic heterocycles. The summed E-state index contributed by atoms with van der Waals surface area (Å²) in [7, 11) is 0. The van der Waals surface area contributed by atoms with Crippen molar-refractivity contribution in [3.05, 3.63) is 11.6 Å². The number of carbonyl (C=O) groups is 2. The van der Waals surface area contributed by atoms with E-state index in [0.717, 1.165) is 38.5 Å². The van der Waals surface area contributed by atoms with Crippen molar-refractivity contribution in [1.29, 1.82) is 0 Å². The van der Waals surface area contributed by atoms with Gasteiger partial charge in [0.2, 0.25) is 0 Å². The molecule has 0 heterocycles. The number of rotatable bonds is 1. The van der Waals surface area contributed by atoms with Gasteiger partial charge in [-0.1, -0.05) is 19.4 Å². The van der Waals surface area contributed by atoms with E-state index in [2.05, 4.69) is 13.8 Å². The van der Waals surface area contributed by atoms with Gasteiger partial charge in [-0.25, -0.2) is 0 Å². The third-order valence-corrected chi connectivity index (χ3v) is 8.38. The summed E-state index contributed by atoms with van der Waals surface area (Å²) in [6, 6.07) is 0. The predicted molar refractivity (Wildman–Crippen MR) is 92.3 cm³/mol. The van der Waals surface area contributed by atoms with E-state index in [1.165, 1.54) is 5.57 Å². The monoisotopic (exact) mass is 330 g/mol. The third kappa shape index (κ3) is 2.06. The molecular weight excluding hydrogens is 300 g/mol. The molecule has 0 unspecified atom stereocenters. The first-order valence-corrected chi connectivity index (χ1v) is 9.70. The first-order chi connectivity index (χ1) is 11.3. The minimum atomic E-state index is -0.349. The SMILES string of the molecule is CC(=O)[C@@H]1CC[C@@H]2[C@@H]3CCC4=CC(=O)CC[C@@]4(C)[C@H]3[C@H](O)C[C@]21C. The number of allylic oxidation sites excluding steroid dienone is 1. The second kappa shape index (κ2) is 5.27. The van der Waals surface area contributed by atoms with Gasteiger partial charge in [-0.3, -0.25) is 9.59 Å². The molecule has 0 spiro atoms. The first kappa shape index (κ1) is 16.5. The standard InChI is InChI=1S/C21H30O3/c1-12(22)16-6-7-17-15-5-4-13-10-14(23)8-9-20(13,2)19(15)18(24)11-21(16,17)3/h10,15-19,24H,4-9,11H2,1-3H3/t15-,16-,17+,18+,19+,20+,21-/m0/s1. The number of aliphatic hydroxyl groups is 1. The molecule has 4 rings (SSSR count). The number of carbonyl (C=O) groups excluding carboxylic acids is 2. The van der Waals surface area contributed by atoms with Crippen LogP contribution in [-0.2, 0) is 9.59 Å². The summed E-state index contributed by atoms with van der Waals surface area (Å²) in [5, 5.41) is 11.2. The maximum Gasteiger partial charge on any atom is 0.155 e. The Kier molecular flexibility index (Phi) is 3.62. The summed E-state index contributed by atoms with van der Waals surface area (Å²) >= 11 is 0. The van der Waals surface area contributed by atoms with Crippen LogP contribution in [0.5, 0.6) is 0 Å². The molecule has 3 heteroatoms. The maximum absolute atomic E-state index is 12.2. The van der Waals surface area contributed by atoms with E-state index in [4.69, 9.17) is 0 Å². The van der Waals surface area contributed by atoms with Gasteiger partial charge >= 0.3 is 0 Å². The summed E-state index contributed by atoms with van der Waals surface area (Å²) in [6.45, 7) is 6.27. The lowest BCUT2D eigenvalue weighted by molar-refractivity contribution is -0.143. The molecule has 7 atom stereocenters. The minimum absolute atomic E-state index is 0.0219. The second-order valence-electron chi connectivity index (χ2n) is 9.41. The Bertz CT molecular complexity index is 621. The average Bonchev–Trinajstić information content (AvgIpc) is 2.84. The lowest BCUT2D eigenvalue weighted by Crippen LogP contribution is -2.56. The number of fused-ring (bicyclic) bond motifs is 5. The highest BCUT2D eigenvalue weighted by Gasteiger charge is 2.62. The van der Waals surface area contributed by atoms with Crippen LogP contribution in [-0.4, -0.2) is 22.8 Å². The van der Waals surface area contributed by atoms with Crippen molar-refractivity contribution in [3.63, 3.8) is 0 Å². The van der Waals surface area contributed by atoms with E-state index >= 15 is 0 Å². The van der Waals surface area contributed by atoms with Gasteiger partial charge in [0.1, 0.15) is 5.78 Å². The van der Waals surface area contributed by atoms with Crippen LogP contribution < -0.4 is 0 Å². The van der Waals surface area contributed by atoms with E-state index < -0.39 is 0 Å². The van der Waals surface area contributed by atoms with Crippen molar-refractivity contribution in [2.45, 2.75) is 71.8 Å². The van der Waals surface area contributed by atoms with Crippen molar-refractivity contribution in [2.75, 3.05) is 0 Å². The molecule has 132 valence electrons. The molecule has 3 nitrogen and oxygen atoms in total. The maximum atomic E-state index is 12.2. The summed E-state index contributed by atoms with van der Waals surface area (Å²) in [6.07, 6.45) is 7.97. The normalized spacial score (nSPS) is 50.6. The van der Waals surface area contributed by atoms with Gasteiger partial charge in [0.05, 0.1) is 6.10 Å². The highest BCUT2D eigenvalue weighted by molar-refractivity contribution is 5.91. The van der Waals surface area contributed by atoms with Gasteiger partial charge in [0.15, 0.2) is 5.78 Å². The smallest absolute Gasteiger partial charge is 0.155 e. The Morgan fingerprint density at radius 3 is 2.67 bits per heavy atom. The first-order valence-electron chi connectivity index (χ1n) is 9.70. The van der Waals surface area contributed by atoms with Crippen LogP contribution in [0.1, 0.15) is 65.7 Å². The largest absolute Gasteiger partial charge is 0.393 e. The molecule has 24 heavy (non-hydrogen) atoms. The molecule has 0 aromatic rings. The van der Waals surface area contributed by atoms with Crippen molar-refractivity contribution < 1.29 is 14.7 Å². The van der Waals surface area contributed by atoms with Crippen LogP contribution in [0.25, 0.3) is 0 Å². The van der Waals surface area contributed by atoms with Crippen LogP contribution in [0.2, 0.25) is 0 Å². The lowest BCUT2D eigenvalue weighted by Gasteiger charge is -2.59. The molecule has 0 radical (unpaired) electrons. The van der Waals surface area contributed by atoms with E-state index in [-0.39, 0.29) is 34.6 Å². The molecule has 0 saturated heterocycles. The fourth-order valence-corrected chi connectivity index (χ4v) is 7.35. The highest BCUT2D eigenvalue weighted by Crippen LogP contribution is 2.66. The van der Waals surface area contributed by atoms with Crippen molar-refractivity contribution in [1.82, 2.24) is 0 Å². The number of Topliss-reactive ketones (excluding diaryl/α,β-unsaturated/α-hetero) is 1. The van der Waals surface area contributed by atoms with Gasteiger partial charge in [0, 0.05) is 12.3 Å². The Balaban J connectivity index is 1.72. The Morgan fingerprint density at radius 1 is 1.21 bits per heavy atom. The van der Waals surface area contributed by atoms with Gasteiger partial charge < -0.3 is 5.11 Å². The lowest BCUT2D eigenvalue weighted by atomic mass is 9.46. The third-order valence-electron chi connectivity index (χ3n) is 8.38. The quantitative estimate of drug-likeness (QED) is 0.797.